The zero-order chi connectivity index (χ0) is 10.3. The van der Waals surface area contributed by atoms with Crippen LogP contribution in [0.5, 0.6) is 5.75 Å². The lowest BCUT2D eigenvalue weighted by atomic mass is 10.2. The third-order valence-corrected chi connectivity index (χ3v) is 2.43. The van der Waals surface area contributed by atoms with Crippen molar-refractivity contribution in [2.24, 2.45) is 0 Å². The molecule has 0 amide bonds. The van der Waals surface area contributed by atoms with Crippen LogP contribution in [0.2, 0.25) is 0 Å². The maximum atomic E-state index is 9.15. The van der Waals surface area contributed by atoms with E-state index in [9.17, 15) is 0 Å². The van der Waals surface area contributed by atoms with Gasteiger partial charge in [0.25, 0.3) is 0 Å². The predicted molar refractivity (Wildman–Crippen MR) is 53.2 cm³/mol. The Hall–Kier alpha value is -1.91. The number of hydrogen-bond donors (Lipinski definition) is 1. The molecule has 1 aliphatic rings. The molecule has 2 aromatic rings. The molecule has 0 bridgehead atoms. The van der Waals surface area contributed by atoms with Gasteiger partial charge < -0.3 is 5.11 Å². The Kier molecular flexibility index (Phi) is 1.71. The second-order valence-corrected chi connectivity index (χ2v) is 3.71. The van der Waals surface area contributed by atoms with Gasteiger partial charge in [-0.25, -0.2) is 0 Å². The maximum absolute atomic E-state index is 9.15. The fourth-order valence-electron chi connectivity index (χ4n) is 1.41. The van der Waals surface area contributed by atoms with Crippen molar-refractivity contribution >= 4 is 0 Å². The lowest BCUT2D eigenvalue weighted by molar-refractivity contribution is 0.475. The highest BCUT2D eigenvalue weighted by atomic mass is 16.3. The molecular formula is C10H10N4O. The van der Waals surface area contributed by atoms with E-state index in [4.69, 9.17) is 5.11 Å². The van der Waals surface area contributed by atoms with E-state index >= 15 is 0 Å². The van der Waals surface area contributed by atoms with Crippen LogP contribution >= 0.6 is 0 Å². The average Bonchev–Trinajstić information content (AvgIpc) is 2.99. The van der Waals surface area contributed by atoms with Crippen molar-refractivity contribution in [3.63, 3.8) is 0 Å². The van der Waals surface area contributed by atoms with Crippen LogP contribution in [0.3, 0.4) is 0 Å². The van der Waals surface area contributed by atoms with Crippen LogP contribution in [-0.2, 0) is 0 Å². The number of rotatable bonds is 2. The summed E-state index contributed by atoms with van der Waals surface area (Å²) in [5.41, 5.74) is 0.875. The molecule has 15 heavy (non-hydrogen) atoms. The Bertz CT molecular complexity index is 472. The highest BCUT2D eigenvalue weighted by Crippen LogP contribution is 2.33. The van der Waals surface area contributed by atoms with Gasteiger partial charge in [0.2, 0.25) is 5.82 Å². The second kappa shape index (κ2) is 3.05. The first-order chi connectivity index (χ1) is 7.33. The molecule has 0 saturated heterocycles. The molecule has 0 radical (unpaired) electrons. The molecule has 1 N–H and O–H groups in total. The van der Waals surface area contributed by atoms with Crippen molar-refractivity contribution in [3.05, 3.63) is 24.3 Å². The predicted octanol–water partition coefficient (Wildman–Crippen LogP) is 1.38. The van der Waals surface area contributed by atoms with Crippen LogP contribution in [0.15, 0.2) is 24.3 Å². The maximum Gasteiger partial charge on any atom is 0.204 e. The van der Waals surface area contributed by atoms with E-state index in [0.717, 1.165) is 18.4 Å². The van der Waals surface area contributed by atoms with Crippen molar-refractivity contribution in [2.75, 3.05) is 0 Å². The normalized spacial score (nSPS) is 15.5. The van der Waals surface area contributed by atoms with Gasteiger partial charge in [0.15, 0.2) is 0 Å². The summed E-state index contributed by atoms with van der Waals surface area (Å²) in [5, 5.41) is 21.4. The van der Waals surface area contributed by atoms with E-state index in [1.807, 2.05) is 0 Å². The Labute approximate surface area is 86.4 Å². The summed E-state index contributed by atoms with van der Waals surface area (Å²) < 4.78 is 0. The Morgan fingerprint density at radius 1 is 1.20 bits per heavy atom. The third-order valence-electron chi connectivity index (χ3n) is 2.43. The molecule has 1 fully saturated rings. The van der Waals surface area contributed by atoms with Crippen LogP contribution in [0.25, 0.3) is 11.4 Å². The lowest BCUT2D eigenvalue weighted by Gasteiger charge is -1.94. The van der Waals surface area contributed by atoms with Gasteiger partial charge in [-0.1, -0.05) is 0 Å². The number of tetrazole rings is 1. The van der Waals surface area contributed by atoms with E-state index < -0.39 is 0 Å². The van der Waals surface area contributed by atoms with Crippen molar-refractivity contribution in [2.45, 2.75) is 18.9 Å². The molecule has 0 unspecified atom stereocenters. The molecule has 76 valence electrons. The molecule has 1 aromatic heterocycles. The zero-order valence-electron chi connectivity index (χ0n) is 8.04. The molecule has 1 heterocycles. The summed E-state index contributed by atoms with van der Waals surface area (Å²) >= 11 is 0. The van der Waals surface area contributed by atoms with E-state index in [1.165, 1.54) is 0 Å². The van der Waals surface area contributed by atoms with E-state index in [2.05, 4.69) is 15.4 Å². The largest absolute Gasteiger partial charge is 0.508 e. The van der Waals surface area contributed by atoms with Gasteiger partial charge in [0.1, 0.15) is 5.75 Å². The van der Waals surface area contributed by atoms with Crippen molar-refractivity contribution in [1.82, 2.24) is 20.2 Å². The summed E-state index contributed by atoms with van der Waals surface area (Å²) in [7, 11) is 0. The molecule has 3 rings (SSSR count). The number of hydrogen-bond acceptors (Lipinski definition) is 4. The number of aromatic nitrogens is 4. The van der Waals surface area contributed by atoms with E-state index in [1.54, 1.807) is 29.1 Å². The van der Waals surface area contributed by atoms with Gasteiger partial charge in [-0.2, -0.15) is 4.80 Å². The molecule has 0 aliphatic heterocycles. The fourth-order valence-corrected chi connectivity index (χ4v) is 1.41. The van der Waals surface area contributed by atoms with Crippen LogP contribution < -0.4 is 0 Å². The minimum atomic E-state index is 0.244. The minimum Gasteiger partial charge on any atom is -0.508 e. The van der Waals surface area contributed by atoms with Crippen LogP contribution in [0, 0.1) is 0 Å². The third kappa shape index (κ3) is 1.56. The lowest BCUT2D eigenvalue weighted by Crippen LogP contribution is -1.98. The Balaban J connectivity index is 1.93. The van der Waals surface area contributed by atoms with Crippen LogP contribution in [0.1, 0.15) is 18.9 Å². The zero-order valence-corrected chi connectivity index (χ0v) is 8.04. The minimum absolute atomic E-state index is 0.244. The van der Waals surface area contributed by atoms with Gasteiger partial charge >= 0.3 is 0 Å². The Morgan fingerprint density at radius 3 is 2.60 bits per heavy atom. The first-order valence-corrected chi connectivity index (χ1v) is 4.92. The van der Waals surface area contributed by atoms with Gasteiger partial charge in [0, 0.05) is 5.56 Å². The SMILES string of the molecule is Oc1ccc(-c2nnn(C3CC3)n2)cc1. The first-order valence-electron chi connectivity index (χ1n) is 4.92. The number of benzene rings is 1. The molecule has 1 saturated carbocycles. The first kappa shape index (κ1) is 8.40. The number of nitrogens with zero attached hydrogens (tertiary/aromatic N) is 4. The second-order valence-electron chi connectivity index (χ2n) is 3.71. The summed E-state index contributed by atoms with van der Waals surface area (Å²) in [5.74, 6) is 0.857. The molecule has 0 spiro atoms. The smallest absolute Gasteiger partial charge is 0.204 e. The summed E-state index contributed by atoms with van der Waals surface area (Å²) in [4.78, 5) is 1.67. The molecule has 1 aliphatic carbocycles. The molecule has 1 aromatic carbocycles. The number of aromatic hydroxyl groups is 1. The van der Waals surface area contributed by atoms with Gasteiger partial charge in [-0.15, -0.1) is 10.2 Å². The summed E-state index contributed by atoms with van der Waals surface area (Å²) in [6.07, 6.45) is 2.29. The molecular weight excluding hydrogens is 192 g/mol. The van der Waals surface area contributed by atoms with Gasteiger partial charge in [0.05, 0.1) is 6.04 Å². The van der Waals surface area contributed by atoms with Crippen molar-refractivity contribution in [3.8, 4) is 17.1 Å². The molecule has 5 nitrogen and oxygen atoms in total. The van der Waals surface area contributed by atoms with E-state index in [-0.39, 0.29) is 5.75 Å². The van der Waals surface area contributed by atoms with Crippen molar-refractivity contribution in [1.29, 1.82) is 0 Å². The fraction of sp³-hybridized carbons (Fsp3) is 0.300. The summed E-state index contributed by atoms with van der Waals surface area (Å²) in [6, 6.07) is 7.25. The summed E-state index contributed by atoms with van der Waals surface area (Å²) in [6.45, 7) is 0. The number of phenolic OH excluding ortho intramolecular Hbond substituents is 1. The quantitative estimate of drug-likeness (QED) is 0.799. The van der Waals surface area contributed by atoms with Gasteiger partial charge in [-0.05, 0) is 42.3 Å². The standard InChI is InChI=1S/C10H10N4O/c15-9-5-1-7(2-6-9)10-11-13-14(12-10)8-3-4-8/h1-2,5-6,8,15H,3-4H2. The average molecular weight is 202 g/mol. The van der Waals surface area contributed by atoms with E-state index in [0.29, 0.717) is 11.9 Å². The molecule has 5 heteroatoms. The number of phenols is 1. The molecule has 0 atom stereocenters. The highest BCUT2D eigenvalue weighted by Gasteiger charge is 2.26. The monoisotopic (exact) mass is 202 g/mol. The van der Waals surface area contributed by atoms with Crippen molar-refractivity contribution < 1.29 is 5.11 Å². The van der Waals surface area contributed by atoms with Crippen LogP contribution in [0.4, 0.5) is 0 Å². The Morgan fingerprint density at radius 2 is 1.93 bits per heavy atom. The van der Waals surface area contributed by atoms with Crippen LogP contribution in [-0.4, -0.2) is 25.3 Å². The highest BCUT2D eigenvalue weighted by molar-refractivity contribution is 5.54. The topological polar surface area (TPSA) is 63.8 Å². The van der Waals surface area contributed by atoms with Gasteiger partial charge in [-0.3, -0.25) is 0 Å².